The maximum atomic E-state index is 12.6. The molecule has 2 aromatic rings. The number of amides is 1. The first-order valence-electron chi connectivity index (χ1n) is 7.34. The summed E-state index contributed by atoms with van der Waals surface area (Å²) in [4.78, 5) is 27.0. The second-order valence-corrected chi connectivity index (χ2v) is 6.29. The summed E-state index contributed by atoms with van der Waals surface area (Å²) in [6.45, 7) is 1.40. The van der Waals surface area contributed by atoms with Gasteiger partial charge in [0.15, 0.2) is 0 Å². The lowest BCUT2D eigenvalue weighted by atomic mass is 10.1. The van der Waals surface area contributed by atoms with Crippen molar-refractivity contribution in [2.45, 2.75) is 12.8 Å². The summed E-state index contributed by atoms with van der Waals surface area (Å²) in [5.41, 5.74) is 0. The van der Waals surface area contributed by atoms with Crippen molar-refractivity contribution in [1.29, 1.82) is 0 Å². The summed E-state index contributed by atoms with van der Waals surface area (Å²) in [7, 11) is 2.99. The highest BCUT2D eigenvalue weighted by Gasteiger charge is 2.29. The highest BCUT2D eigenvalue weighted by atomic mass is 32.1. The van der Waals surface area contributed by atoms with Crippen LogP contribution in [0.25, 0.3) is 0 Å². The molecule has 0 radical (unpaired) electrons. The van der Waals surface area contributed by atoms with Gasteiger partial charge in [0.2, 0.25) is 17.6 Å². The minimum atomic E-state index is -0.191. The first kappa shape index (κ1) is 15.7. The second-order valence-electron chi connectivity index (χ2n) is 5.31. The van der Waals surface area contributed by atoms with Crippen LogP contribution in [-0.4, -0.2) is 53.1 Å². The van der Waals surface area contributed by atoms with Crippen LogP contribution in [0, 0.1) is 5.92 Å². The fraction of sp³-hybridized carbons (Fsp3) is 0.467. The summed E-state index contributed by atoms with van der Waals surface area (Å²) in [6.07, 6.45) is 3.68. The predicted molar refractivity (Wildman–Crippen MR) is 85.0 cm³/mol. The zero-order valence-corrected chi connectivity index (χ0v) is 13.9. The molecule has 3 heterocycles. The van der Waals surface area contributed by atoms with E-state index in [2.05, 4.69) is 15.0 Å². The lowest BCUT2D eigenvalue weighted by Crippen LogP contribution is -2.30. The largest absolute Gasteiger partial charge is 0.481 e. The van der Waals surface area contributed by atoms with E-state index in [0.717, 1.165) is 17.8 Å². The van der Waals surface area contributed by atoms with E-state index in [9.17, 15) is 4.79 Å². The zero-order chi connectivity index (χ0) is 16.2. The number of aromatic nitrogens is 3. The van der Waals surface area contributed by atoms with Crippen molar-refractivity contribution in [3.8, 4) is 11.8 Å². The third-order valence-electron chi connectivity index (χ3n) is 3.81. The quantitative estimate of drug-likeness (QED) is 0.827. The molecule has 1 saturated heterocycles. The van der Waals surface area contributed by atoms with Gasteiger partial charge in [0, 0.05) is 31.1 Å². The molecule has 2 aromatic heterocycles. The Kier molecular flexibility index (Phi) is 4.71. The standard InChI is InChI=1S/C15H18N4O3S/c1-21-11-8-12(22-2)18-14(17-11)15(20)19-5-3-10(9-19)7-13-16-4-6-23-13/h4,6,8,10H,3,5,7,9H2,1-2H3. The van der Waals surface area contributed by atoms with Gasteiger partial charge in [-0.05, 0) is 12.3 Å². The van der Waals surface area contributed by atoms with Crippen molar-refractivity contribution < 1.29 is 14.3 Å². The average Bonchev–Trinajstić information content (AvgIpc) is 3.26. The predicted octanol–water partition coefficient (Wildman–Crippen LogP) is 1.66. The number of ether oxygens (including phenoxy) is 2. The van der Waals surface area contributed by atoms with Crippen molar-refractivity contribution in [1.82, 2.24) is 19.9 Å². The Morgan fingerprint density at radius 3 is 2.70 bits per heavy atom. The highest BCUT2D eigenvalue weighted by Crippen LogP contribution is 2.24. The van der Waals surface area contributed by atoms with Crippen molar-refractivity contribution in [3.05, 3.63) is 28.5 Å². The van der Waals surface area contributed by atoms with Gasteiger partial charge in [0.05, 0.1) is 25.3 Å². The Labute approximate surface area is 138 Å². The van der Waals surface area contributed by atoms with Crippen LogP contribution in [0.5, 0.6) is 11.8 Å². The van der Waals surface area contributed by atoms with Gasteiger partial charge in [0.25, 0.3) is 5.91 Å². The molecule has 0 saturated carbocycles. The Balaban J connectivity index is 1.69. The monoisotopic (exact) mass is 334 g/mol. The third kappa shape index (κ3) is 3.58. The topological polar surface area (TPSA) is 77.4 Å². The van der Waals surface area contributed by atoms with E-state index in [4.69, 9.17) is 9.47 Å². The fourth-order valence-electron chi connectivity index (χ4n) is 2.63. The average molecular weight is 334 g/mol. The smallest absolute Gasteiger partial charge is 0.291 e. The van der Waals surface area contributed by atoms with Gasteiger partial charge in [-0.25, -0.2) is 4.98 Å². The maximum Gasteiger partial charge on any atom is 0.291 e. The normalized spacial score (nSPS) is 17.3. The SMILES string of the molecule is COc1cc(OC)nc(C(=O)N2CCC(Cc3nccs3)C2)n1. The Morgan fingerprint density at radius 1 is 1.35 bits per heavy atom. The van der Waals surface area contributed by atoms with Crippen LogP contribution in [0.3, 0.4) is 0 Å². The molecule has 1 fully saturated rings. The molecule has 0 aliphatic carbocycles. The summed E-state index contributed by atoms with van der Waals surface area (Å²) in [6, 6.07) is 1.55. The second kappa shape index (κ2) is 6.91. The van der Waals surface area contributed by atoms with Crippen molar-refractivity contribution in [2.24, 2.45) is 5.92 Å². The maximum absolute atomic E-state index is 12.6. The van der Waals surface area contributed by atoms with E-state index in [-0.39, 0.29) is 11.7 Å². The molecule has 0 bridgehead atoms. The Hall–Kier alpha value is -2.22. The van der Waals surface area contributed by atoms with E-state index in [1.165, 1.54) is 14.2 Å². The first-order valence-corrected chi connectivity index (χ1v) is 8.22. The molecule has 1 amide bonds. The molecule has 7 nitrogen and oxygen atoms in total. The lowest BCUT2D eigenvalue weighted by Gasteiger charge is -2.16. The van der Waals surface area contributed by atoms with Crippen LogP contribution in [0.2, 0.25) is 0 Å². The van der Waals surface area contributed by atoms with E-state index in [1.807, 2.05) is 11.6 Å². The molecular formula is C15H18N4O3S. The van der Waals surface area contributed by atoms with Gasteiger partial charge >= 0.3 is 0 Å². The number of rotatable bonds is 5. The van der Waals surface area contributed by atoms with E-state index >= 15 is 0 Å². The first-order chi connectivity index (χ1) is 11.2. The van der Waals surface area contributed by atoms with E-state index < -0.39 is 0 Å². The summed E-state index contributed by atoms with van der Waals surface area (Å²) < 4.78 is 10.2. The molecule has 0 aromatic carbocycles. The van der Waals surface area contributed by atoms with Crippen LogP contribution < -0.4 is 9.47 Å². The molecule has 122 valence electrons. The number of carbonyl (C=O) groups excluding carboxylic acids is 1. The lowest BCUT2D eigenvalue weighted by molar-refractivity contribution is 0.0772. The number of carbonyl (C=O) groups is 1. The van der Waals surface area contributed by atoms with Gasteiger partial charge in [-0.3, -0.25) is 4.79 Å². The molecule has 1 unspecified atom stereocenters. The Morgan fingerprint density at radius 2 is 2.09 bits per heavy atom. The molecule has 0 N–H and O–H groups in total. The summed E-state index contributed by atoms with van der Waals surface area (Å²) >= 11 is 1.65. The molecule has 1 aliphatic rings. The van der Waals surface area contributed by atoms with E-state index in [0.29, 0.717) is 30.8 Å². The van der Waals surface area contributed by atoms with Gasteiger partial charge in [-0.2, -0.15) is 9.97 Å². The minimum Gasteiger partial charge on any atom is -0.481 e. The third-order valence-corrected chi connectivity index (χ3v) is 4.61. The summed E-state index contributed by atoms with van der Waals surface area (Å²) in [5, 5.41) is 3.09. The number of thiazole rings is 1. The van der Waals surface area contributed by atoms with Crippen LogP contribution in [-0.2, 0) is 6.42 Å². The molecule has 1 atom stereocenters. The number of hydrogen-bond donors (Lipinski definition) is 0. The zero-order valence-electron chi connectivity index (χ0n) is 13.1. The Bertz CT molecular complexity index is 655. The molecule has 8 heteroatoms. The van der Waals surface area contributed by atoms with Crippen molar-refractivity contribution >= 4 is 17.2 Å². The fourth-order valence-corrected chi connectivity index (χ4v) is 3.37. The van der Waals surface area contributed by atoms with Crippen LogP contribution in [0.4, 0.5) is 0 Å². The van der Waals surface area contributed by atoms with Crippen molar-refractivity contribution in [2.75, 3.05) is 27.3 Å². The minimum absolute atomic E-state index is 0.107. The van der Waals surface area contributed by atoms with Gasteiger partial charge in [0.1, 0.15) is 0 Å². The van der Waals surface area contributed by atoms with Gasteiger partial charge in [-0.15, -0.1) is 11.3 Å². The molecule has 1 aliphatic heterocycles. The van der Waals surface area contributed by atoms with Gasteiger partial charge < -0.3 is 14.4 Å². The number of nitrogens with zero attached hydrogens (tertiary/aromatic N) is 4. The van der Waals surface area contributed by atoms with E-state index in [1.54, 1.807) is 22.3 Å². The molecule has 23 heavy (non-hydrogen) atoms. The van der Waals surface area contributed by atoms with Crippen LogP contribution in [0.15, 0.2) is 17.6 Å². The van der Waals surface area contributed by atoms with Crippen molar-refractivity contribution in [3.63, 3.8) is 0 Å². The summed E-state index contributed by atoms with van der Waals surface area (Å²) in [5.74, 6) is 0.981. The molecule has 0 spiro atoms. The highest BCUT2D eigenvalue weighted by molar-refractivity contribution is 7.09. The number of likely N-dealkylation sites (tertiary alicyclic amines) is 1. The molecule has 3 rings (SSSR count). The van der Waals surface area contributed by atoms with Crippen LogP contribution >= 0.6 is 11.3 Å². The molecular weight excluding hydrogens is 316 g/mol. The van der Waals surface area contributed by atoms with Crippen LogP contribution in [0.1, 0.15) is 22.0 Å². The number of methoxy groups -OCH3 is 2. The number of hydrogen-bond acceptors (Lipinski definition) is 7. The van der Waals surface area contributed by atoms with Gasteiger partial charge in [-0.1, -0.05) is 0 Å².